The van der Waals surface area contributed by atoms with Crippen molar-refractivity contribution in [1.82, 2.24) is 0 Å². The molecule has 0 spiro atoms. The molecule has 0 radical (unpaired) electrons. The number of hydrogen-bond acceptors (Lipinski definition) is 2. The Balaban J connectivity index is -0.000000150. The van der Waals surface area contributed by atoms with Crippen LogP contribution < -0.4 is 5.73 Å². The Labute approximate surface area is 93.3 Å². The number of aliphatic hydroxyl groups is 1. The summed E-state index contributed by atoms with van der Waals surface area (Å²) in [4.78, 5) is 0. The third-order valence-electron chi connectivity index (χ3n) is 1.33. The smallest absolute Gasteiger partial charge is 0.101 e. The van der Waals surface area contributed by atoms with Gasteiger partial charge in [0.2, 0.25) is 0 Å². The van der Waals surface area contributed by atoms with E-state index >= 15 is 0 Å². The van der Waals surface area contributed by atoms with Crippen LogP contribution in [0, 0.1) is 0 Å². The van der Waals surface area contributed by atoms with Crippen molar-refractivity contribution in [3.05, 3.63) is 0 Å². The topological polar surface area (TPSA) is 46.2 Å². The van der Waals surface area contributed by atoms with E-state index in [1.54, 1.807) is 0 Å². The van der Waals surface area contributed by atoms with Crippen LogP contribution in [0.3, 0.4) is 0 Å². The lowest BCUT2D eigenvalue weighted by Gasteiger charge is -2.21. The fourth-order valence-corrected chi connectivity index (χ4v) is 0.504. The van der Waals surface area contributed by atoms with Crippen LogP contribution in [0.5, 0.6) is 0 Å². The largest absolute Gasteiger partial charge is 0.391 e. The van der Waals surface area contributed by atoms with Gasteiger partial charge in [-0.15, -0.1) is 17.0 Å². The van der Waals surface area contributed by atoms with Crippen LogP contribution in [-0.4, -0.2) is 50.4 Å². The van der Waals surface area contributed by atoms with Gasteiger partial charge in [0.1, 0.15) is 6.54 Å². The van der Waals surface area contributed by atoms with Gasteiger partial charge in [-0.2, -0.15) is 0 Å². The summed E-state index contributed by atoms with van der Waals surface area (Å²) in [5, 5.41) is 8.39. The number of aliphatic hydroxyl groups excluding tert-OH is 1. The zero-order valence-electron chi connectivity index (χ0n) is 9.42. The van der Waals surface area contributed by atoms with Gasteiger partial charge in [-0.3, -0.25) is 0 Å². The van der Waals surface area contributed by atoms with Gasteiger partial charge in [0.15, 0.2) is 0 Å². The number of halogens is 1. The van der Waals surface area contributed by atoms with Crippen molar-refractivity contribution in [2.75, 3.05) is 40.8 Å². The van der Waals surface area contributed by atoms with Gasteiger partial charge in [-0.05, 0) is 13.0 Å². The van der Waals surface area contributed by atoms with Crippen molar-refractivity contribution in [3.63, 3.8) is 0 Å². The molecule has 4 heteroatoms. The molecule has 0 fully saturated rings. The summed E-state index contributed by atoms with van der Waals surface area (Å²) < 4.78 is 0.844. The summed E-state index contributed by atoms with van der Waals surface area (Å²) >= 11 is 0. The van der Waals surface area contributed by atoms with E-state index in [2.05, 4.69) is 28.1 Å². The minimum absolute atomic E-state index is 0. The zero-order chi connectivity index (χ0) is 10.0. The highest BCUT2D eigenvalue weighted by atomic mass is 79.9. The van der Waals surface area contributed by atoms with Crippen LogP contribution in [0.1, 0.15) is 19.8 Å². The molecule has 0 aromatic carbocycles. The summed E-state index contributed by atoms with van der Waals surface area (Å²) in [6.07, 6.45) is 2.39. The van der Waals surface area contributed by atoms with Crippen LogP contribution in [0.4, 0.5) is 0 Å². The first kappa shape index (κ1) is 19.0. The Morgan fingerprint density at radius 1 is 1.23 bits per heavy atom. The third-order valence-corrected chi connectivity index (χ3v) is 1.33. The van der Waals surface area contributed by atoms with Crippen LogP contribution in [0.25, 0.3) is 0 Å². The van der Waals surface area contributed by atoms with Gasteiger partial charge in [-0.1, -0.05) is 13.3 Å². The molecule has 0 aliphatic rings. The molecule has 0 saturated heterocycles. The average molecular weight is 258 g/mol. The molecule has 0 aliphatic heterocycles. The highest BCUT2D eigenvalue weighted by molar-refractivity contribution is 8.93. The number of unbranched alkanes of at least 4 members (excludes halogenated alkanes) is 1. The second-order valence-corrected chi connectivity index (χ2v) is 3.88. The summed E-state index contributed by atoms with van der Waals surface area (Å²) in [6, 6.07) is 0. The molecule has 0 aromatic heterocycles. The molecule has 84 valence electrons. The van der Waals surface area contributed by atoms with E-state index in [9.17, 15) is 0 Å². The van der Waals surface area contributed by atoms with E-state index in [0.717, 1.165) is 17.6 Å². The Morgan fingerprint density at radius 3 is 1.69 bits per heavy atom. The molecule has 3 nitrogen and oxygen atoms in total. The molecular formula is C9H26BrN2O+. The molecule has 0 unspecified atom stereocenters. The molecule has 0 rings (SSSR count). The van der Waals surface area contributed by atoms with Crippen LogP contribution >= 0.6 is 17.0 Å². The van der Waals surface area contributed by atoms with E-state index < -0.39 is 0 Å². The van der Waals surface area contributed by atoms with Gasteiger partial charge in [-0.25, -0.2) is 0 Å². The van der Waals surface area contributed by atoms with Gasteiger partial charge in [0, 0.05) is 0 Å². The Hall–Kier alpha value is 0.360. The molecule has 0 aromatic rings. The normalized spacial score (nSPS) is 9.69. The summed E-state index contributed by atoms with van der Waals surface area (Å²) in [6.45, 7) is 4.09. The highest BCUT2D eigenvalue weighted by Gasteiger charge is 2.02. The maximum Gasteiger partial charge on any atom is 0.101 e. The SMILES string of the molecule is Br.CCCCN.C[N+](C)(C)CCO. The first-order valence-corrected chi connectivity index (χ1v) is 4.59. The van der Waals surface area contributed by atoms with Crippen LogP contribution in [0.2, 0.25) is 0 Å². The molecule has 0 amide bonds. The standard InChI is InChI=1S/C5H14NO.C4H11N.BrH/c1-6(2,3)4-5-7;1-2-3-4-5;/h7H,4-5H2,1-3H3;2-5H2,1H3;1H/q+1;;. The van der Waals surface area contributed by atoms with Crippen LogP contribution in [0.15, 0.2) is 0 Å². The summed E-state index contributed by atoms with van der Waals surface area (Å²) in [7, 11) is 6.16. The monoisotopic (exact) mass is 257 g/mol. The molecule has 3 N–H and O–H groups in total. The molecule has 0 saturated carbocycles. The lowest BCUT2D eigenvalue weighted by Crippen LogP contribution is -2.36. The second-order valence-electron chi connectivity index (χ2n) is 3.88. The van der Waals surface area contributed by atoms with Crippen LogP contribution in [-0.2, 0) is 0 Å². The lowest BCUT2D eigenvalue weighted by atomic mass is 10.3. The van der Waals surface area contributed by atoms with E-state index in [0.29, 0.717) is 0 Å². The van der Waals surface area contributed by atoms with E-state index in [-0.39, 0.29) is 23.6 Å². The predicted octanol–water partition coefficient (Wildman–Crippen LogP) is 1.01. The average Bonchev–Trinajstić information content (AvgIpc) is 1.87. The quantitative estimate of drug-likeness (QED) is 0.739. The maximum absolute atomic E-state index is 8.39. The molecule has 13 heavy (non-hydrogen) atoms. The van der Waals surface area contributed by atoms with Crippen molar-refractivity contribution >= 4 is 17.0 Å². The van der Waals surface area contributed by atoms with Crippen molar-refractivity contribution in [3.8, 4) is 0 Å². The van der Waals surface area contributed by atoms with Crippen molar-refractivity contribution in [1.29, 1.82) is 0 Å². The Morgan fingerprint density at radius 2 is 1.69 bits per heavy atom. The highest BCUT2D eigenvalue weighted by Crippen LogP contribution is 1.84. The molecule has 0 aliphatic carbocycles. The van der Waals surface area contributed by atoms with Gasteiger partial charge < -0.3 is 15.3 Å². The van der Waals surface area contributed by atoms with Gasteiger partial charge >= 0.3 is 0 Å². The summed E-state index contributed by atoms with van der Waals surface area (Å²) in [5.74, 6) is 0. The third kappa shape index (κ3) is 32.8. The number of rotatable bonds is 4. The fraction of sp³-hybridized carbons (Fsp3) is 1.00. The zero-order valence-corrected chi connectivity index (χ0v) is 11.1. The molecule has 0 heterocycles. The number of nitrogens with two attached hydrogens (primary N) is 1. The second kappa shape index (κ2) is 12.4. The summed E-state index contributed by atoms with van der Waals surface area (Å²) in [5.41, 5.74) is 5.14. The minimum atomic E-state index is 0. The van der Waals surface area contributed by atoms with Gasteiger partial charge in [0.25, 0.3) is 0 Å². The first-order valence-electron chi connectivity index (χ1n) is 4.59. The number of quaternary nitrogens is 1. The van der Waals surface area contributed by atoms with Crippen molar-refractivity contribution < 1.29 is 9.59 Å². The molecule has 0 atom stereocenters. The van der Waals surface area contributed by atoms with Crippen molar-refractivity contribution in [2.45, 2.75) is 19.8 Å². The maximum atomic E-state index is 8.39. The van der Waals surface area contributed by atoms with Crippen molar-refractivity contribution in [2.24, 2.45) is 5.73 Å². The molecular weight excluding hydrogens is 232 g/mol. The van der Waals surface area contributed by atoms with E-state index in [1.165, 1.54) is 12.8 Å². The Bertz CT molecular complexity index is 82.2. The minimum Gasteiger partial charge on any atom is -0.391 e. The number of hydrogen-bond donors (Lipinski definition) is 2. The molecule has 0 bridgehead atoms. The number of nitrogens with zero attached hydrogens (tertiary/aromatic N) is 1. The van der Waals surface area contributed by atoms with E-state index in [4.69, 9.17) is 10.8 Å². The van der Waals surface area contributed by atoms with Gasteiger partial charge in [0.05, 0.1) is 27.7 Å². The Kier molecular flexibility index (Phi) is 18.1. The lowest BCUT2D eigenvalue weighted by molar-refractivity contribution is -0.870. The first-order chi connectivity index (χ1) is 5.47. The number of likely N-dealkylation sites (N-methyl/N-ethyl adjacent to an activating group) is 1. The van der Waals surface area contributed by atoms with E-state index in [1.807, 2.05) is 0 Å². The fourth-order valence-electron chi connectivity index (χ4n) is 0.504. The predicted molar refractivity (Wildman–Crippen MR) is 64.3 cm³/mol.